The molecule has 4 rings (SSSR count). The molecule has 14 heteroatoms. The van der Waals surface area contributed by atoms with Crippen LogP contribution in [0.25, 0.3) is 0 Å². The summed E-state index contributed by atoms with van der Waals surface area (Å²) < 4.78 is 70.2. The van der Waals surface area contributed by atoms with E-state index in [-0.39, 0.29) is 35.2 Å². The van der Waals surface area contributed by atoms with Crippen LogP contribution in [0.3, 0.4) is 0 Å². The number of nitrogens with zero attached hydrogens (tertiary/aromatic N) is 3. The van der Waals surface area contributed by atoms with Gasteiger partial charge in [0.2, 0.25) is 5.91 Å². The Bertz CT molecular complexity index is 1690. The van der Waals surface area contributed by atoms with Gasteiger partial charge in [-0.1, -0.05) is 13.0 Å². The minimum Gasteiger partial charge on any atom is -0.342 e. The molecule has 0 saturated carbocycles. The summed E-state index contributed by atoms with van der Waals surface area (Å²) in [5.41, 5.74) is -0.316. The predicted octanol–water partition coefficient (Wildman–Crippen LogP) is 3.81. The molecule has 1 aromatic heterocycles. The van der Waals surface area contributed by atoms with Crippen molar-refractivity contribution in [2.75, 3.05) is 11.9 Å². The highest BCUT2D eigenvalue weighted by Gasteiger charge is 2.31. The number of rotatable bonds is 12. The molecule has 0 fully saturated rings. The summed E-state index contributed by atoms with van der Waals surface area (Å²) in [5, 5.41) is 4.80. The van der Waals surface area contributed by atoms with Crippen molar-refractivity contribution < 1.29 is 41.1 Å². The van der Waals surface area contributed by atoms with E-state index in [1.165, 1.54) is 25.5 Å². The zero-order valence-electron chi connectivity index (χ0n) is 25.3. The van der Waals surface area contributed by atoms with Crippen molar-refractivity contribution in [3.8, 4) is 0 Å². The van der Waals surface area contributed by atoms with Gasteiger partial charge in [0.05, 0.1) is 29.7 Å². The molecule has 2 unspecified atom stereocenters. The van der Waals surface area contributed by atoms with Crippen LogP contribution in [-0.4, -0.2) is 59.3 Å². The zero-order valence-corrected chi connectivity index (χ0v) is 25.3. The average molecular weight is 656 g/mol. The maximum Gasteiger partial charge on any atom is 0.251 e. The highest BCUT2D eigenvalue weighted by atomic mass is 19.1. The molecule has 0 radical (unpaired) electrons. The van der Waals surface area contributed by atoms with Crippen LogP contribution in [0.5, 0.6) is 0 Å². The molecule has 246 valence electrons. The highest BCUT2D eigenvalue weighted by molar-refractivity contribution is 6.05. The van der Waals surface area contributed by atoms with Gasteiger partial charge < -0.3 is 20.3 Å². The fourth-order valence-corrected chi connectivity index (χ4v) is 4.88. The number of hydrogen-bond donors (Lipinski definition) is 2. The van der Waals surface area contributed by atoms with Crippen LogP contribution in [0, 0.1) is 23.3 Å². The van der Waals surface area contributed by atoms with Crippen molar-refractivity contribution in [3.05, 3.63) is 112 Å². The van der Waals surface area contributed by atoms with Gasteiger partial charge in [0, 0.05) is 44.0 Å². The van der Waals surface area contributed by atoms with Crippen LogP contribution in [-0.2, 0) is 38.4 Å². The van der Waals surface area contributed by atoms with Crippen LogP contribution in [0.15, 0.2) is 72.1 Å². The minimum absolute atomic E-state index is 0.0274. The molecule has 3 amide bonds. The average Bonchev–Trinajstić information content (AvgIpc) is 3.02. The standard InChI is InChI=1S/C33H30F5N5O4/c1-3-30-39-15-26(16-40-30)43(2)33(47)29(11-19-8-23(36)14-24(37)9-19)42-32(46)27-12-20(4-5-28(27)38)31(45)41-25(17-44)10-18-6-21(34)13-22(35)7-18/h4,6-9,12-17,25,28-29H,3,5,10-11H2,1-2H3,(H,41,45)(H,42,46)/t25-,28?,29?/m0/s1. The second-order valence-corrected chi connectivity index (χ2v) is 10.8. The van der Waals surface area contributed by atoms with E-state index in [1.807, 2.05) is 6.92 Å². The van der Waals surface area contributed by atoms with Crippen molar-refractivity contribution in [3.63, 3.8) is 0 Å². The van der Waals surface area contributed by atoms with E-state index in [4.69, 9.17) is 0 Å². The number of likely N-dealkylation sites (N-methyl/N-ethyl adjacent to an activating group) is 1. The molecule has 0 saturated heterocycles. The van der Waals surface area contributed by atoms with Gasteiger partial charge in [0.25, 0.3) is 11.8 Å². The van der Waals surface area contributed by atoms with Gasteiger partial charge in [-0.3, -0.25) is 14.4 Å². The molecule has 2 N–H and O–H groups in total. The summed E-state index contributed by atoms with van der Waals surface area (Å²) in [4.78, 5) is 61.0. The monoisotopic (exact) mass is 655 g/mol. The van der Waals surface area contributed by atoms with Crippen LogP contribution in [0.1, 0.15) is 30.3 Å². The quantitative estimate of drug-likeness (QED) is 0.226. The molecule has 1 aliphatic rings. The third-order valence-corrected chi connectivity index (χ3v) is 7.27. The number of alkyl halides is 1. The lowest BCUT2D eigenvalue weighted by atomic mass is 9.95. The second-order valence-electron chi connectivity index (χ2n) is 10.8. The molecule has 1 aliphatic carbocycles. The number of amides is 3. The first-order chi connectivity index (χ1) is 22.4. The highest BCUT2D eigenvalue weighted by Crippen LogP contribution is 2.23. The third-order valence-electron chi connectivity index (χ3n) is 7.27. The molecule has 2 aromatic carbocycles. The molecule has 9 nitrogen and oxygen atoms in total. The number of benzene rings is 2. The van der Waals surface area contributed by atoms with Gasteiger partial charge >= 0.3 is 0 Å². The van der Waals surface area contributed by atoms with Gasteiger partial charge in [-0.25, -0.2) is 31.9 Å². The van der Waals surface area contributed by atoms with Crippen LogP contribution in [0.4, 0.5) is 27.6 Å². The first-order valence-electron chi connectivity index (χ1n) is 14.5. The number of aryl methyl sites for hydroxylation is 1. The topological polar surface area (TPSA) is 121 Å². The van der Waals surface area contributed by atoms with Crippen molar-refractivity contribution >= 4 is 29.7 Å². The first-order valence-corrected chi connectivity index (χ1v) is 14.5. The summed E-state index contributed by atoms with van der Waals surface area (Å²) in [5.74, 6) is -5.72. The van der Waals surface area contributed by atoms with E-state index in [0.717, 1.165) is 35.2 Å². The van der Waals surface area contributed by atoms with E-state index in [1.54, 1.807) is 0 Å². The second kappa shape index (κ2) is 15.3. The lowest BCUT2D eigenvalue weighted by Crippen LogP contribution is -2.50. The fourth-order valence-electron chi connectivity index (χ4n) is 4.88. The van der Waals surface area contributed by atoms with Gasteiger partial charge in [-0.15, -0.1) is 0 Å². The molecule has 0 aliphatic heterocycles. The van der Waals surface area contributed by atoms with Gasteiger partial charge in [0.1, 0.15) is 47.6 Å². The van der Waals surface area contributed by atoms with E-state index in [9.17, 15) is 36.7 Å². The third kappa shape index (κ3) is 9.15. The minimum atomic E-state index is -1.89. The SMILES string of the molecule is CCc1ncc(N(C)C(=O)C(Cc2cc(F)cc(F)c2)NC(=O)C2=CC(C(=O)N[C@H](C=O)Cc3cc(F)cc(F)c3)=CCC2F)cn1. The molecular formula is C33H30F5N5O4. The molecule has 0 spiro atoms. The van der Waals surface area contributed by atoms with Crippen molar-refractivity contribution in [2.24, 2.45) is 0 Å². The van der Waals surface area contributed by atoms with Crippen LogP contribution >= 0.6 is 0 Å². The number of carbonyl (C=O) groups is 4. The van der Waals surface area contributed by atoms with Crippen LogP contribution in [0.2, 0.25) is 0 Å². The molecule has 0 bridgehead atoms. The molecule has 3 atom stereocenters. The number of aromatic nitrogens is 2. The maximum atomic E-state index is 15.1. The smallest absolute Gasteiger partial charge is 0.251 e. The lowest BCUT2D eigenvalue weighted by molar-refractivity contribution is -0.125. The van der Waals surface area contributed by atoms with Crippen molar-refractivity contribution in [1.29, 1.82) is 0 Å². The molecule has 3 aromatic rings. The Morgan fingerprint density at radius 2 is 1.45 bits per heavy atom. The predicted molar refractivity (Wildman–Crippen MR) is 161 cm³/mol. The number of allylic oxidation sites excluding steroid dienone is 1. The van der Waals surface area contributed by atoms with E-state index in [0.29, 0.717) is 30.7 Å². The molecule has 47 heavy (non-hydrogen) atoms. The summed E-state index contributed by atoms with van der Waals surface area (Å²) >= 11 is 0. The maximum absolute atomic E-state index is 15.1. The number of nitrogens with one attached hydrogen (secondary N) is 2. The zero-order chi connectivity index (χ0) is 34.2. The van der Waals surface area contributed by atoms with E-state index in [2.05, 4.69) is 20.6 Å². The summed E-state index contributed by atoms with van der Waals surface area (Å²) in [6.45, 7) is 1.84. The molecular weight excluding hydrogens is 625 g/mol. The number of halogens is 5. The Kier molecular flexibility index (Phi) is 11.3. The lowest BCUT2D eigenvalue weighted by Gasteiger charge is -2.26. The fraction of sp³-hybridized carbons (Fsp3) is 0.273. The van der Waals surface area contributed by atoms with E-state index >= 15 is 4.39 Å². The van der Waals surface area contributed by atoms with Crippen molar-refractivity contribution in [1.82, 2.24) is 20.6 Å². The Morgan fingerprint density at radius 3 is 1.98 bits per heavy atom. The van der Waals surface area contributed by atoms with Gasteiger partial charge in [0.15, 0.2) is 0 Å². The van der Waals surface area contributed by atoms with Crippen molar-refractivity contribution in [2.45, 2.75) is 50.9 Å². The van der Waals surface area contributed by atoms with E-state index < -0.39 is 71.2 Å². The Balaban J connectivity index is 1.54. The number of carbonyl (C=O) groups excluding carboxylic acids is 4. The van der Waals surface area contributed by atoms with Crippen LogP contribution < -0.4 is 15.5 Å². The summed E-state index contributed by atoms with van der Waals surface area (Å²) in [7, 11) is 1.38. The first kappa shape index (κ1) is 34.6. The number of anilines is 1. The number of aldehydes is 1. The largest absolute Gasteiger partial charge is 0.342 e. The Morgan fingerprint density at radius 1 is 0.894 bits per heavy atom. The Hall–Kier alpha value is -5.27. The normalized spacial score (nSPS) is 15.5. The molecule has 1 heterocycles. The van der Waals surface area contributed by atoms with Gasteiger partial charge in [-0.05, 0) is 47.9 Å². The summed E-state index contributed by atoms with van der Waals surface area (Å²) in [6, 6.07) is 2.60. The van der Waals surface area contributed by atoms with Gasteiger partial charge in [-0.2, -0.15) is 0 Å². The number of hydrogen-bond acceptors (Lipinski definition) is 6. The Labute approximate surface area is 266 Å². The summed E-state index contributed by atoms with van der Waals surface area (Å²) in [6.07, 6.45) is 2.91.